The molecule has 3 aromatic carbocycles. The number of amides is 1. The molecule has 3 aromatic rings. The van der Waals surface area contributed by atoms with E-state index < -0.39 is 5.97 Å². The number of esters is 1. The van der Waals surface area contributed by atoms with E-state index in [0.717, 1.165) is 11.6 Å². The Bertz CT molecular complexity index is 1270. The first-order chi connectivity index (χ1) is 17.1. The zero-order valence-corrected chi connectivity index (χ0v) is 19.9. The first-order valence-corrected chi connectivity index (χ1v) is 12.7. The minimum atomic E-state index is -0.435. The van der Waals surface area contributed by atoms with Gasteiger partial charge in [-0.15, -0.1) is 0 Å². The molecule has 0 spiro atoms. The summed E-state index contributed by atoms with van der Waals surface area (Å²) < 4.78 is 5.15. The van der Waals surface area contributed by atoms with Gasteiger partial charge >= 0.3 is 5.97 Å². The van der Waals surface area contributed by atoms with Crippen LogP contribution in [0.4, 0.5) is 11.4 Å². The number of para-hydroxylation sites is 1. The second-order valence-electron chi connectivity index (χ2n) is 9.99. The Kier molecular flexibility index (Phi) is 5.56. The van der Waals surface area contributed by atoms with E-state index in [2.05, 4.69) is 53.1 Å². The van der Waals surface area contributed by atoms with Gasteiger partial charge in [0, 0.05) is 11.3 Å². The zero-order valence-electron chi connectivity index (χ0n) is 19.9. The van der Waals surface area contributed by atoms with Crippen molar-refractivity contribution in [3.05, 3.63) is 95.1 Å². The van der Waals surface area contributed by atoms with Crippen LogP contribution in [0, 0.1) is 17.8 Å². The molecule has 0 saturated heterocycles. The highest BCUT2D eigenvalue weighted by Crippen LogP contribution is 2.63. The molecule has 0 unspecified atom stereocenters. The normalized spacial score (nSPS) is 25.8. The van der Waals surface area contributed by atoms with Crippen molar-refractivity contribution >= 4 is 23.3 Å². The number of hydrogen-bond donors (Lipinski definition) is 2. The van der Waals surface area contributed by atoms with Gasteiger partial charge in [-0.3, -0.25) is 4.79 Å². The summed E-state index contributed by atoms with van der Waals surface area (Å²) in [6, 6.07) is 24.1. The summed E-state index contributed by atoms with van der Waals surface area (Å²) in [6.07, 6.45) is 3.86. The van der Waals surface area contributed by atoms with E-state index in [9.17, 15) is 9.59 Å². The molecule has 1 amide bonds. The Hall–Kier alpha value is -3.60. The predicted octanol–water partition coefficient (Wildman–Crippen LogP) is 6.41. The summed E-state index contributed by atoms with van der Waals surface area (Å²) in [5.41, 5.74) is 5.19. The zero-order chi connectivity index (χ0) is 23.9. The van der Waals surface area contributed by atoms with E-state index in [1.54, 1.807) is 31.2 Å². The molecule has 2 fully saturated rings. The lowest BCUT2D eigenvalue weighted by Crippen LogP contribution is -2.35. The molecule has 178 valence electrons. The number of benzene rings is 3. The maximum atomic E-state index is 13.3. The van der Waals surface area contributed by atoms with Gasteiger partial charge in [-0.2, -0.15) is 0 Å². The standard InChI is InChI=1S/C30H30N2O3/c1-2-35-30(34)22-10-6-7-11-24(22)32-29(33)21-14-15-25-23(17-21)26-19-12-13-20(16-19)27(26)28(31-25)18-8-4-3-5-9-18/h3-11,14-15,17,19-20,26-28,31H,2,12-13,16H2,1H3,(H,32,33)/t19-,20-,26-,27-,28-/m0/s1. The fraction of sp³-hybridized carbons (Fsp3) is 0.333. The van der Waals surface area contributed by atoms with Crippen LogP contribution in [0.15, 0.2) is 72.8 Å². The minimum absolute atomic E-state index is 0.213. The average Bonchev–Trinajstić information content (AvgIpc) is 3.52. The summed E-state index contributed by atoms with van der Waals surface area (Å²) in [7, 11) is 0. The van der Waals surface area contributed by atoms with E-state index in [1.165, 1.54) is 30.4 Å². The van der Waals surface area contributed by atoms with Crippen molar-refractivity contribution in [2.24, 2.45) is 17.8 Å². The molecule has 2 N–H and O–H groups in total. The lowest BCUT2D eigenvalue weighted by Gasteiger charge is -2.43. The molecule has 2 saturated carbocycles. The van der Waals surface area contributed by atoms with E-state index in [1.807, 2.05) is 6.07 Å². The summed E-state index contributed by atoms with van der Waals surface area (Å²) in [4.78, 5) is 25.6. The third-order valence-corrected chi connectivity index (χ3v) is 8.18. The first kappa shape index (κ1) is 21.9. The van der Waals surface area contributed by atoms with Crippen LogP contribution in [0.1, 0.15) is 70.0 Å². The van der Waals surface area contributed by atoms with Gasteiger partial charge in [0.2, 0.25) is 0 Å². The van der Waals surface area contributed by atoms with Crippen molar-refractivity contribution in [2.75, 3.05) is 17.2 Å². The molecule has 5 nitrogen and oxygen atoms in total. The van der Waals surface area contributed by atoms with Crippen molar-refractivity contribution < 1.29 is 14.3 Å². The van der Waals surface area contributed by atoms with Crippen molar-refractivity contribution in [1.82, 2.24) is 0 Å². The summed E-state index contributed by atoms with van der Waals surface area (Å²) >= 11 is 0. The molecule has 6 rings (SSSR count). The lowest BCUT2D eigenvalue weighted by atomic mass is 9.68. The Morgan fingerprint density at radius 2 is 1.74 bits per heavy atom. The van der Waals surface area contributed by atoms with Crippen molar-refractivity contribution in [3.63, 3.8) is 0 Å². The van der Waals surface area contributed by atoms with Gasteiger partial charge in [-0.05, 0) is 91.3 Å². The quantitative estimate of drug-likeness (QED) is 0.426. The molecular formula is C30H30N2O3. The molecule has 5 atom stereocenters. The number of anilines is 2. The van der Waals surface area contributed by atoms with E-state index >= 15 is 0 Å². The van der Waals surface area contributed by atoms with Gasteiger partial charge in [-0.1, -0.05) is 42.5 Å². The lowest BCUT2D eigenvalue weighted by molar-refractivity contribution is 0.0527. The van der Waals surface area contributed by atoms with Crippen LogP contribution in [0.2, 0.25) is 0 Å². The predicted molar refractivity (Wildman–Crippen MR) is 137 cm³/mol. The van der Waals surface area contributed by atoms with Crippen molar-refractivity contribution in [1.29, 1.82) is 0 Å². The molecule has 5 heteroatoms. The van der Waals surface area contributed by atoms with Gasteiger partial charge in [0.25, 0.3) is 5.91 Å². The number of carbonyl (C=O) groups excluding carboxylic acids is 2. The van der Waals surface area contributed by atoms with Gasteiger partial charge in [0.05, 0.1) is 23.9 Å². The summed E-state index contributed by atoms with van der Waals surface area (Å²) in [6.45, 7) is 2.05. The van der Waals surface area contributed by atoms with Gasteiger partial charge in [0.1, 0.15) is 0 Å². The van der Waals surface area contributed by atoms with E-state index in [4.69, 9.17) is 4.74 Å². The second-order valence-corrected chi connectivity index (χ2v) is 9.99. The molecule has 35 heavy (non-hydrogen) atoms. The fourth-order valence-corrected chi connectivity index (χ4v) is 6.79. The Morgan fingerprint density at radius 1 is 0.971 bits per heavy atom. The Morgan fingerprint density at radius 3 is 2.57 bits per heavy atom. The van der Waals surface area contributed by atoms with Crippen molar-refractivity contribution in [2.45, 2.75) is 38.1 Å². The molecular weight excluding hydrogens is 436 g/mol. The van der Waals surface area contributed by atoms with Crippen LogP contribution >= 0.6 is 0 Å². The number of ether oxygens (including phenoxy) is 1. The smallest absolute Gasteiger partial charge is 0.340 e. The molecule has 3 aliphatic rings. The van der Waals surface area contributed by atoms with Crippen LogP contribution < -0.4 is 10.6 Å². The second kappa shape index (κ2) is 8.88. The molecule has 2 aliphatic carbocycles. The maximum absolute atomic E-state index is 13.3. The van der Waals surface area contributed by atoms with Gasteiger partial charge in [0.15, 0.2) is 0 Å². The Balaban J connectivity index is 1.31. The largest absolute Gasteiger partial charge is 0.462 e. The maximum Gasteiger partial charge on any atom is 0.340 e. The van der Waals surface area contributed by atoms with E-state index in [-0.39, 0.29) is 12.5 Å². The molecule has 0 radical (unpaired) electrons. The van der Waals surface area contributed by atoms with Crippen LogP contribution in [0.3, 0.4) is 0 Å². The number of fused-ring (bicyclic) bond motifs is 7. The first-order valence-electron chi connectivity index (χ1n) is 12.7. The number of hydrogen-bond acceptors (Lipinski definition) is 4. The number of nitrogens with one attached hydrogen (secondary N) is 2. The van der Waals surface area contributed by atoms with Crippen LogP contribution in [0.5, 0.6) is 0 Å². The van der Waals surface area contributed by atoms with Crippen LogP contribution in [-0.4, -0.2) is 18.5 Å². The summed E-state index contributed by atoms with van der Waals surface area (Å²) in [5, 5.41) is 6.77. The highest BCUT2D eigenvalue weighted by Gasteiger charge is 2.53. The molecule has 1 aliphatic heterocycles. The monoisotopic (exact) mass is 466 g/mol. The number of rotatable bonds is 5. The Labute approximate surface area is 205 Å². The van der Waals surface area contributed by atoms with Crippen LogP contribution in [0.25, 0.3) is 0 Å². The third kappa shape index (κ3) is 3.79. The summed E-state index contributed by atoms with van der Waals surface area (Å²) in [5.74, 6) is 1.77. The van der Waals surface area contributed by atoms with Crippen molar-refractivity contribution in [3.8, 4) is 0 Å². The third-order valence-electron chi connectivity index (χ3n) is 8.18. The SMILES string of the molecule is CCOC(=O)c1ccccc1NC(=O)c1ccc2c(c1)[C@@H]1[C@H]3CC[C@@H](C3)[C@@H]1[C@H](c1ccccc1)N2. The topological polar surface area (TPSA) is 67.4 Å². The fourth-order valence-electron chi connectivity index (χ4n) is 6.79. The highest BCUT2D eigenvalue weighted by atomic mass is 16.5. The van der Waals surface area contributed by atoms with Crippen LogP contribution in [-0.2, 0) is 4.74 Å². The average molecular weight is 467 g/mol. The van der Waals surface area contributed by atoms with E-state index in [0.29, 0.717) is 40.6 Å². The molecule has 2 bridgehead atoms. The highest BCUT2D eigenvalue weighted by molar-refractivity contribution is 6.08. The minimum Gasteiger partial charge on any atom is -0.462 e. The van der Waals surface area contributed by atoms with Gasteiger partial charge in [-0.25, -0.2) is 4.79 Å². The molecule has 1 heterocycles. The van der Waals surface area contributed by atoms with Gasteiger partial charge < -0.3 is 15.4 Å². The molecule has 0 aromatic heterocycles. The number of carbonyl (C=O) groups is 2.